The standard InChI is InChI=1S/C21H20F4N6O/c1-3-27-13-5-7-18(28-10-13)31-19-9-17(15(11-29-19)21(23,24)25)30-16-6-4-12(22)8-14(16)20(32)26-2/h4-11,27H,3H2,1-2H3,(H,26,32)(H2,28,29,30,31). The Kier molecular flexibility index (Phi) is 6.76. The number of amides is 1. The number of nitrogens with zero attached hydrogens (tertiary/aromatic N) is 2. The maximum absolute atomic E-state index is 13.6. The molecule has 0 radical (unpaired) electrons. The van der Waals surface area contributed by atoms with Crippen LogP contribution in [-0.4, -0.2) is 29.5 Å². The molecule has 0 aliphatic rings. The molecule has 2 heterocycles. The number of hydrogen-bond donors (Lipinski definition) is 4. The molecule has 3 aromatic rings. The number of halogens is 4. The topological polar surface area (TPSA) is 91.0 Å². The molecular formula is C21H20F4N6O. The summed E-state index contributed by atoms with van der Waals surface area (Å²) in [6.45, 7) is 2.65. The maximum atomic E-state index is 13.6. The van der Waals surface area contributed by atoms with Crippen molar-refractivity contribution in [3.05, 3.63) is 65.7 Å². The van der Waals surface area contributed by atoms with Gasteiger partial charge in [0.05, 0.1) is 34.4 Å². The summed E-state index contributed by atoms with van der Waals surface area (Å²) in [5.74, 6) is -0.891. The lowest BCUT2D eigenvalue weighted by Crippen LogP contribution is -2.20. The molecule has 0 saturated carbocycles. The quantitative estimate of drug-likeness (QED) is 0.384. The number of carbonyl (C=O) groups is 1. The number of hydrogen-bond acceptors (Lipinski definition) is 6. The van der Waals surface area contributed by atoms with Crippen LogP contribution >= 0.6 is 0 Å². The fourth-order valence-corrected chi connectivity index (χ4v) is 2.85. The fraction of sp³-hybridized carbons (Fsp3) is 0.190. The van der Waals surface area contributed by atoms with Gasteiger partial charge >= 0.3 is 6.18 Å². The van der Waals surface area contributed by atoms with Crippen molar-refractivity contribution in [2.75, 3.05) is 29.5 Å². The number of benzene rings is 1. The van der Waals surface area contributed by atoms with Gasteiger partial charge in [-0.25, -0.2) is 14.4 Å². The highest BCUT2D eigenvalue weighted by molar-refractivity contribution is 6.00. The number of rotatable bonds is 7. The lowest BCUT2D eigenvalue weighted by atomic mass is 10.1. The average Bonchev–Trinajstić information content (AvgIpc) is 2.75. The Hall–Kier alpha value is -3.89. The van der Waals surface area contributed by atoms with Crippen LogP contribution in [0.5, 0.6) is 0 Å². The predicted octanol–water partition coefficient (Wildman–Crippen LogP) is 4.91. The minimum Gasteiger partial charge on any atom is -0.384 e. The van der Waals surface area contributed by atoms with Crippen LogP contribution in [0.2, 0.25) is 0 Å². The van der Waals surface area contributed by atoms with Crippen molar-refractivity contribution in [2.24, 2.45) is 0 Å². The number of anilines is 5. The molecule has 1 amide bonds. The summed E-state index contributed by atoms with van der Waals surface area (Å²) < 4.78 is 54.3. The second-order valence-electron chi connectivity index (χ2n) is 6.59. The molecule has 0 bridgehead atoms. The van der Waals surface area contributed by atoms with Crippen LogP contribution in [0.25, 0.3) is 0 Å². The first kappa shape index (κ1) is 22.8. The summed E-state index contributed by atoms with van der Waals surface area (Å²) in [6.07, 6.45) is -2.48. The zero-order valence-electron chi connectivity index (χ0n) is 17.1. The summed E-state index contributed by atoms with van der Waals surface area (Å²) in [6, 6.07) is 7.71. The molecule has 0 spiro atoms. The highest BCUT2D eigenvalue weighted by Crippen LogP contribution is 2.37. The smallest absolute Gasteiger partial charge is 0.384 e. The Morgan fingerprint density at radius 3 is 2.34 bits per heavy atom. The molecule has 0 atom stereocenters. The normalized spacial score (nSPS) is 11.1. The molecule has 32 heavy (non-hydrogen) atoms. The minimum absolute atomic E-state index is 0.00141. The Morgan fingerprint density at radius 1 is 0.969 bits per heavy atom. The molecule has 2 aromatic heterocycles. The molecule has 0 unspecified atom stereocenters. The molecule has 4 N–H and O–H groups in total. The van der Waals surface area contributed by atoms with E-state index in [0.29, 0.717) is 18.6 Å². The summed E-state index contributed by atoms with van der Waals surface area (Å²) in [5, 5.41) is 10.8. The number of pyridine rings is 2. The van der Waals surface area contributed by atoms with Crippen molar-refractivity contribution in [3.8, 4) is 0 Å². The SMILES string of the molecule is CCNc1ccc(Nc2cc(Nc3ccc(F)cc3C(=O)NC)c(C(F)(F)F)cn2)nc1. The number of alkyl halides is 3. The van der Waals surface area contributed by atoms with Gasteiger partial charge in [-0.15, -0.1) is 0 Å². The number of aromatic nitrogens is 2. The first-order valence-corrected chi connectivity index (χ1v) is 9.54. The monoisotopic (exact) mass is 448 g/mol. The zero-order valence-corrected chi connectivity index (χ0v) is 17.1. The highest BCUT2D eigenvalue weighted by Gasteiger charge is 2.34. The molecule has 11 heteroatoms. The summed E-state index contributed by atoms with van der Waals surface area (Å²) in [4.78, 5) is 20.1. The van der Waals surface area contributed by atoms with Gasteiger partial charge in [-0.2, -0.15) is 13.2 Å². The molecule has 7 nitrogen and oxygen atoms in total. The maximum Gasteiger partial charge on any atom is 0.419 e. The van der Waals surface area contributed by atoms with Gasteiger partial charge in [0.2, 0.25) is 0 Å². The zero-order chi connectivity index (χ0) is 23.3. The van der Waals surface area contributed by atoms with Crippen molar-refractivity contribution in [1.82, 2.24) is 15.3 Å². The van der Waals surface area contributed by atoms with E-state index in [0.717, 1.165) is 23.9 Å². The number of carbonyl (C=O) groups excluding carboxylic acids is 1. The van der Waals surface area contributed by atoms with Crippen LogP contribution in [0.15, 0.2) is 48.8 Å². The van der Waals surface area contributed by atoms with Gasteiger partial charge in [-0.3, -0.25) is 4.79 Å². The van der Waals surface area contributed by atoms with Gasteiger partial charge < -0.3 is 21.3 Å². The van der Waals surface area contributed by atoms with E-state index in [2.05, 4.69) is 31.2 Å². The molecule has 0 aliphatic carbocycles. The van der Waals surface area contributed by atoms with Crippen LogP contribution in [0.3, 0.4) is 0 Å². The van der Waals surface area contributed by atoms with Gasteiger partial charge in [-0.05, 0) is 37.3 Å². The second kappa shape index (κ2) is 9.50. The van der Waals surface area contributed by atoms with Crippen molar-refractivity contribution in [1.29, 1.82) is 0 Å². The second-order valence-corrected chi connectivity index (χ2v) is 6.59. The fourth-order valence-electron chi connectivity index (χ4n) is 2.85. The van der Waals surface area contributed by atoms with Crippen molar-refractivity contribution < 1.29 is 22.4 Å². The molecule has 168 valence electrons. The lowest BCUT2D eigenvalue weighted by Gasteiger charge is -2.17. The Bertz CT molecular complexity index is 1100. The average molecular weight is 448 g/mol. The third kappa shape index (κ3) is 5.42. The van der Waals surface area contributed by atoms with E-state index in [1.807, 2.05) is 6.92 Å². The van der Waals surface area contributed by atoms with Crippen molar-refractivity contribution in [3.63, 3.8) is 0 Å². The summed E-state index contributed by atoms with van der Waals surface area (Å²) >= 11 is 0. The molecule has 1 aromatic carbocycles. The van der Waals surface area contributed by atoms with Crippen LogP contribution in [0.4, 0.5) is 46.3 Å². The Balaban J connectivity index is 1.96. The summed E-state index contributed by atoms with van der Waals surface area (Å²) in [7, 11) is 1.33. The van der Waals surface area contributed by atoms with Crippen LogP contribution in [-0.2, 0) is 6.18 Å². The molecule has 3 rings (SSSR count). The molecule has 0 saturated heterocycles. The van der Waals surface area contributed by atoms with E-state index in [1.54, 1.807) is 18.3 Å². The van der Waals surface area contributed by atoms with Gasteiger partial charge in [-0.1, -0.05) is 0 Å². The first-order valence-electron chi connectivity index (χ1n) is 9.54. The Morgan fingerprint density at radius 2 is 1.72 bits per heavy atom. The van der Waals surface area contributed by atoms with E-state index < -0.39 is 23.5 Å². The summed E-state index contributed by atoms with van der Waals surface area (Å²) in [5.41, 5.74) is -0.769. The van der Waals surface area contributed by atoms with Gasteiger partial charge in [0.1, 0.15) is 17.5 Å². The van der Waals surface area contributed by atoms with E-state index in [1.165, 1.54) is 13.1 Å². The van der Waals surface area contributed by atoms with Gasteiger partial charge in [0.25, 0.3) is 5.91 Å². The van der Waals surface area contributed by atoms with Crippen LogP contribution in [0.1, 0.15) is 22.8 Å². The first-order chi connectivity index (χ1) is 15.2. The number of nitrogens with one attached hydrogen (secondary N) is 4. The van der Waals surface area contributed by atoms with Crippen molar-refractivity contribution in [2.45, 2.75) is 13.1 Å². The largest absolute Gasteiger partial charge is 0.419 e. The van der Waals surface area contributed by atoms with Gasteiger partial charge in [0.15, 0.2) is 0 Å². The third-order valence-electron chi connectivity index (χ3n) is 4.33. The molecule has 0 aliphatic heterocycles. The predicted molar refractivity (Wildman–Crippen MR) is 114 cm³/mol. The van der Waals surface area contributed by atoms with Gasteiger partial charge in [0, 0.05) is 25.9 Å². The third-order valence-corrected chi connectivity index (χ3v) is 4.33. The van der Waals surface area contributed by atoms with Crippen molar-refractivity contribution >= 4 is 34.6 Å². The minimum atomic E-state index is -4.72. The van der Waals surface area contributed by atoms with E-state index in [4.69, 9.17) is 0 Å². The van der Waals surface area contributed by atoms with Crippen LogP contribution in [0, 0.1) is 5.82 Å². The lowest BCUT2D eigenvalue weighted by molar-refractivity contribution is -0.137. The van der Waals surface area contributed by atoms with E-state index in [9.17, 15) is 22.4 Å². The highest BCUT2D eigenvalue weighted by atomic mass is 19.4. The molecular weight excluding hydrogens is 428 g/mol. The van der Waals surface area contributed by atoms with E-state index in [-0.39, 0.29) is 22.8 Å². The molecule has 0 fully saturated rings. The van der Waals surface area contributed by atoms with Crippen LogP contribution < -0.4 is 21.3 Å². The van der Waals surface area contributed by atoms with E-state index >= 15 is 0 Å². The Labute approximate surface area is 181 Å².